The summed E-state index contributed by atoms with van der Waals surface area (Å²) in [6, 6.07) is 0. The number of hydrogen-bond donors (Lipinski definition) is 1. The van der Waals surface area contributed by atoms with Gasteiger partial charge in [-0.15, -0.1) is 0 Å². The lowest BCUT2D eigenvalue weighted by molar-refractivity contribution is -0.0447. The highest BCUT2D eigenvalue weighted by Crippen LogP contribution is 2.17. The normalized spacial score (nSPS) is 29.6. The maximum absolute atomic E-state index is 9.33. The Kier molecular flexibility index (Phi) is 5.22. The van der Waals surface area contributed by atoms with Gasteiger partial charge in [-0.05, 0) is 32.6 Å². The van der Waals surface area contributed by atoms with E-state index in [4.69, 9.17) is 9.47 Å². The zero-order valence-corrected chi connectivity index (χ0v) is 10.8. The molecule has 4 heteroatoms. The van der Waals surface area contributed by atoms with Crippen molar-refractivity contribution in [1.82, 2.24) is 4.90 Å². The quantitative estimate of drug-likeness (QED) is 0.783. The molecule has 2 saturated heterocycles. The van der Waals surface area contributed by atoms with E-state index in [1.165, 1.54) is 6.42 Å². The van der Waals surface area contributed by atoms with Crippen LogP contribution in [0, 0.1) is 0 Å². The van der Waals surface area contributed by atoms with Crippen LogP contribution in [0.1, 0.15) is 32.6 Å². The molecule has 100 valence electrons. The summed E-state index contributed by atoms with van der Waals surface area (Å²) in [4.78, 5) is 2.32. The standard InChI is InChI=1S/C13H25NO3/c1-11(15)9-14-6-4-12(5-7-14)17-10-13-3-2-8-16-13/h11-13,15H,2-10H2,1H3. The smallest absolute Gasteiger partial charge is 0.0809 e. The van der Waals surface area contributed by atoms with Crippen molar-refractivity contribution in [2.75, 3.05) is 32.8 Å². The Bertz CT molecular complexity index is 209. The van der Waals surface area contributed by atoms with Gasteiger partial charge in [-0.25, -0.2) is 0 Å². The highest BCUT2D eigenvalue weighted by atomic mass is 16.5. The molecule has 2 unspecified atom stereocenters. The molecule has 0 radical (unpaired) electrons. The van der Waals surface area contributed by atoms with E-state index in [1.807, 2.05) is 6.92 Å². The van der Waals surface area contributed by atoms with Crippen LogP contribution in [0.15, 0.2) is 0 Å². The van der Waals surface area contributed by atoms with Crippen LogP contribution in [-0.4, -0.2) is 61.2 Å². The van der Waals surface area contributed by atoms with Crippen LogP contribution in [0.2, 0.25) is 0 Å². The lowest BCUT2D eigenvalue weighted by atomic mass is 10.1. The number of rotatable bonds is 5. The van der Waals surface area contributed by atoms with Gasteiger partial charge in [-0.3, -0.25) is 0 Å². The predicted octanol–water partition coefficient (Wildman–Crippen LogP) is 1.03. The van der Waals surface area contributed by atoms with Gasteiger partial charge >= 0.3 is 0 Å². The minimum atomic E-state index is -0.223. The van der Waals surface area contributed by atoms with Gasteiger partial charge in [0.15, 0.2) is 0 Å². The van der Waals surface area contributed by atoms with E-state index in [-0.39, 0.29) is 6.10 Å². The van der Waals surface area contributed by atoms with Crippen LogP contribution >= 0.6 is 0 Å². The third kappa shape index (κ3) is 4.54. The summed E-state index contributed by atoms with van der Waals surface area (Å²) in [5.74, 6) is 0. The summed E-state index contributed by atoms with van der Waals surface area (Å²) >= 11 is 0. The van der Waals surface area contributed by atoms with Crippen molar-refractivity contribution in [3.8, 4) is 0 Å². The zero-order valence-electron chi connectivity index (χ0n) is 10.8. The summed E-state index contributed by atoms with van der Waals surface area (Å²) in [5, 5.41) is 9.33. The third-order valence-electron chi connectivity index (χ3n) is 3.60. The van der Waals surface area contributed by atoms with Gasteiger partial charge in [0, 0.05) is 26.2 Å². The molecule has 2 atom stereocenters. The Hall–Kier alpha value is -0.160. The number of piperidine rings is 1. The number of aliphatic hydroxyl groups excluding tert-OH is 1. The molecular weight excluding hydrogens is 218 g/mol. The molecule has 2 aliphatic rings. The first-order valence-electron chi connectivity index (χ1n) is 6.87. The number of ether oxygens (including phenoxy) is 2. The molecule has 0 amide bonds. The molecule has 0 saturated carbocycles. The van der Waals surface area contributed by atoms with Crippen molar-refractivity contribution in [3.05, 3.63) is 0 Å². The van der Waals surface area contributed by atoms with E-state index in [2.05, 4.69) is 4.90 Å². The SMILES string of the molecule is CC(O)CN1CCC(OCC2CCCO2)CC1. The predicted molar refractivity (Wildman–Crippen MR) is 66.1 cm³/mol. The maximum Gasteiger partial charge on any atom is 0.0809 e. The highest BCUT2D eigenvalue weighted by molar-refractivity contribution is 4.74. The van der Waals surface area contributed by atoms with Crippen LogP contribution in [0.25, 0.3) is 0 Å². The number of aliphatic hydroxyl groups is 1. The van der Waals surface area contributed by atoms with Crippen molar-refractivity contribution in [2.24, 2.45) is 0 Å². The minimum Gasteiger partial charge on any atom is -0.392 e. The number of likely N-dealkylation sites (tertiary alicyclic amines) is 1. The lowest BCUT2D eigenvalue weighted by Gasteiger charge is -2.32. The zero-order chi connectivity index (χ0) is 12.1. The van der Waals surface area contributed by atoms with E-state index in [0.29, 0.717) is 12.2 Å². The van der Waals surface area contributed by atoms with Crippen LogP contribution < -0.4 is 0 Å². The first-order valence-corrected chi connectivity index (χ1v) is 6.87. The Labute approximate surface area is 104 Å². The Morgan fingerprint density at radius 1 is 1.35 bits per heavy atom. The fourth-order valence-corrected chi connectivity index (χ4v) is 2.65. The second kappa shape index (κ2) is 6.69. The summed E-state index contributed by atoms with van der Waals surface area (Å²) < 4.78 is 11.5. The molecule has 0 aromatic carbocycles. The van der Waals surface area contributed by atoms with Crippen molar-refractivity contribution < 1.29 is 14.6 Å². The first kappa shape index (κ1) is 13.3. The van der Waals surface area contributed by atoms with Crippen LogP contribution in [0.4, 0.5) is 0 Å². The molecule has 17 heavy (non-hydrogen) atoms. The number of β-amino-alcohol motifs (C(OH)–C–C–N with tert-alkyl or cyclic N) is 1. The maximum atomic E-state index is 9.33. The number of hydrogen-bond acceptors (Lipinski definition) is 4. The fraction of sp³-hybridized carbons (Fsp3) is 1.00. The van der Waals surface area contributed by atoms with Crippen molar-refractivity contribution in [1.29, 1.82) is 0 Å². The van der Waals surface area contributed by atoms with Gasteiger partial charge in [-0.2, -0.15) is 0 Å². The van der Waals surface area contributed by atoms with Crippen LogP contribution in [0.5, 0.6) is 0 Å². The molecule has 0 aliphatic carbocycles. The van der Waals surface area contributed by atoms with E-state index in [0.717, 1.165) is 52.1 Å². The first-order chi connectivity index (χ1) is 8.24. The molecule has 2 rings (SSSR count). The summed E-state index contributed by atoms with van der Waals surface area (Å²) in [6.07, 6.45) is 5.01. The molecule has 2 heterocycles. The van der Waals surface area contributed by atoms with Crippen molar-refractivity contribution in [2.45, 2.75) is 50.9 Å². The average molecular weight is 243 g/mol. The molecule has 0 aromatic rings. The Balaban J connectivity index is 1.58. The molecular formula is C13H25NO3. The van der Waals surface area contributed by atoms with Crippen molar-refractivity contribution >= 4 is 0 Å². The molecule has 2 aliphatic heterocycles. The van der Waals surface area contributed by atoms with Crippen LogP contribution in [-0.2, 0) is 9.47 Å². The van der Waals surface area contributed by atoms with Gasteiger partial charge in [0.2, 0.25) is 0 Å². The molecule has 0 aromatic heterocycles. The molecule has 0 bridgehead atoms. The van der Waals surface area contributed by atoms with E-state index >= 15 is 0 Å². The van der Waals surface area contributed by atoms with E-state index in [1.54, 1.807) is 0 Å². The Morgan fingerprint density at radius 2 is 2.12 bits per heavy atom. The topological polar surface area (TPSA) is 41.9 Å². The molecule has 2 fully saturated rings. The highest BCUT2D eigenvalue weighted by Gasteiger charge is 2.22. The average Bonchev–Trinajstić information content (AvgIpc) is 2.80. The van der Waals surface area contributed by atoms with Gasteiger partial charge < -0.3 is 19.5 Å². The van der Waals surface area contributed by atoms with Gasteiger partial charge in [0.05, 0.1) is 24.9 Å². The molecule has 0 spiro atoms. The Morgan fingerprint density at radius 3 is 2.71 bits per heavy atom. The van der Waals surface area contributed by atoms with Crippen molar-refractivity contribution in [3.63, 3.8) is 0 Å². The minimum absolute atomic E-state index is 0.223. The monoisotopic (exact) mass is 243 g/mol. The molecule has 1 N–H and O–H groups in total. The second-order valence-corrected chi connectivity index (χ2v) is 5.32. The van der Waals surface area contributed by atoms with Gasteiger partial charge in [0.25, 0.3) is 0 Å². The summed E-state index contributed by atoms with van der Waals surface area (Å²) in [7, 11) is 0. The summed E-state index contributed by atoms with van der Waals surface area (Å²) in [5.41, 5.74) is 0. The lowest BCUT2D eigenvalue weighted by Crippen LogP contribution is -2.41. The summed E-state index contributed by atoms with van der Waals surface area (Å²) in [6.45, 7) is 6.39. The number of nitrogens with zero attached hydrogens (tertiary/aromatic N) is 1. The largest absolute Gasteiger partial charge is 0.392 e. The van der Waals surface area contributed by atoms with E-state index < -0.39 is 0 Å². The second-order valence-electron chi connectivity index (χ2n) is 5.32. The third-order valence-corrected chi connectivity index (χ3v) is 3.60. The fourth-order valence-electron chi connectivity index (χ4n) is 2.65. The van der Waals surface area contributed by atoms with Gasteiger partial charge in [-0.1, -0.05) is 0 Å². The van der Waals surface area contributed by atoms with E-state index in [9.17, 15) is 5.11 Å². The van der Waals surface area contributed by atoms with Gasteiger partial charge in [0.1, 0.15) is 0 Å². The van der Waals surface area contributed by atoms with Crippen LogP contribution in [0.3, 0.4) is 0 Å². The molecule has 4 nitrogen and oxygen atoms in total.